The van der Waals surface area contributed by atoms with Crippen LogP contribution in [0.5, 0.6) is 0 Å². The van der Waals surface area contributed by atoms with Crippen molar-refractivity contribution in [3.05, 3.63) is 56.6 Å². The summed E-state index contributed by atoms with van der Waals surface area (Å²) < 4.78 is 0. The molecule has 1 aliphatic heterocycles. The first-order valence-corrected chi connectivity index (χ1v) is 9.51. The summed E-state index contributed by atoms with van der Waals surface area (Å²) in [5.41, 5.74) is 1.60. The van der Waals surface area contributed by atoms with Gasteiger partial charge in [0.2, 0.25) is 0 Å². The third-order valence-corrected chi connectivity index (χ3v) is 5.91. The molecule has 3 N–H and O–H groups in total. The maximum absolute atomic E-state index is 11.1. The number of aromatic amines is 1. The lowest BCUT2D eigenvalue weighted by Gasteiger charge is -2.09. The molecule has 12 heteroatoms. The second-order valence-electron chi connectivity index (χ2n) is 5.28. The monoisotopic (exact) mass is 390 g/mol. The number of aromatic nitrogens is 2. The Balaban J connectivity index is 1.50. The summed E-state index contributed by atoms with van der Waals surface area (Å²) in [6, 6.07) is 9.52. The highest BCUT2D eigenvalue weighted by Crippen LogP contribution is 2.43. The average Bonchev–Trinajstić information content (AvgIpc) is 3.21. The molecule has 0 spiro atoms. The molecular weight excluding hydrogens is 380 g/mol. The molecule has 0 amide bonds. The van der Waals surface area contributed by atoms with Crippen LogP contribution >= 0.6 is 21.6 Å². The highest BCUT2D eigenvalue weighted by molar-refractivity contribution is 8.76. The molecule has 2 aromatic carbocycles. The van der Waals surface area contributed by atoms with Gasteiger partial charge in [-0.05, 0) is 33.7 Å². The first-order chi connectivity index (χ1) is 12.5. The van der Waals surface area contributed by atoms with Crippen LogP contribution in [0.2, 0.25) is 0 Å². The Hall–Kier alpha value is -2.99. The number of nitrogens with one attached hydrogen (secondary N) is 3. The normalized spacial score (nSPS) is 15.3. The quantitative estimate of drug-likeness (QED) is 0.336. The molecule has 1 atom stereocenters. The molecular formula is C14H10N6O4S2. The van der Waals surface area contributed by atoms with E-state index in [0.29, 0.717) is 27.6 Å². The molecule has 1 aromatic heterocycles. The topological polar surface area (TPSA) is 139 Å². The van der Waals surface area contributed by atoms with Gasteiger partial charge >= 0.3 is 0 Å². The minimum absolute atomic E-state index is 0.00228. The van der Waals surface area contributed by atoms with Crippen LogP contribution in [0.3, 0.4) is 0 Å². The molecule has 1 aliphatic rings. The van der Waals surface area contributed by atoms with Gasteiger partial charge in [0, 0.05) is 12.1 Å². The molecule has 132 valence electrons. The number of hydrogen-bond donors (Lipinski definition) is 3. The molecule has 3 aromatic rings. The first-order valence-electron chi connectivity index (χ1n) is 7.30. The van der Waals surface area contributed by atoms with E-state index in [-0.39, 0.29) is 16.9 Å². The van der Waals surface area contributed by atoms with Crippen molar-refractivity contribution >= 4 is 55.4 Å². The number of non-ortho nitro benzene ring substituents is 1. The second-order valence-corrected chi connectivity index (χ2v) is 7.57. The Kier molecular flexibility index (Phi) is 4.05. The predicted molar refractivity (Wildman–Crippen MR) is 100 cm³/mol. The third-order valence-electron chi connectivity index (χ3n) is 3.69. The fraction of sp³-hybridized carbons (Fsp3) is 0.0714. The van der Waals surface area contributed by atoms with Crippen LogP contribution in [0.15, 0.2) is 41.6 Å². The summed E-state index contributed by atoms with van der Waals surface area (Å²) in [5.74, 6) is 0. The van der Waals surface area contributed by atoms with Gasteiger partial charge in [0.1, 0.15) is 5.69 Å². The van der Waals surface area contributed by atoms with Crippen molar-refractivity contribution in [2.24, 2.45) is 0 Å². The van der Waals surface area contributed by atoms with Crippen molar-refractivity contribution in [2.45, 2.75) is 10.7 Å². The van der Waals surface area contributed by atoms with E-state index in [2.05, 4.69) is 20.6 Å². The Morgan fingerprint density at radius 3 is 2.50 bits per heavy atom. The molecule has 26 heavy (non-hydrogen) atoms. The molecule has 0 saturated carbocycles. The van der Waals surface area contributed by atoms with Crippen LogP contribution in [-0.2, 0) is 0 Å². The van der Waals surface area contributed by atoms with Gasteiger partial charge in [-0.25, -0.2) is 4.98 Å². The van der Waals surface area contributed by atoms with Crippen molar-refractivity contribution in [1.29, 1.82) is 0 Å². The second kappa shape index (κ2) is 6.38. The minimum atomic E-state index is -0.472. The molecule has 1 unspecified atom stereocenters. The van der Waals surface area contributed by atoms with Crippen LogP contribution in [0.25, 0.3) is 11.0 Å². The van der Waals surface area contributed by atoms with Crippen LogP contribution in [0.4, 0.5) is 22.7 Å². The van der Waals surface area contributed by atoms with E-state index >= 15 is 0 Å². The predicted octanol–water partition coefficient (Wildman–Crippen LogP) is 3.94. The molecule has 0 fully saturated rings. The van der Waals surface area contributed by atoms with Crippen LogP contribution in [-0.4, -0.2) is 25.3 Å². The number of fused-ring (bicyclic) bond motifs is 2. The van der Waals surface area contributed by atoms with Crippen molar-refractivity contribution < 1.29 is 9.85 Å². The van der Waals surface area contributed by atoms with Crippen LogP contribution in [0.1, 0.15) is 0 Å². The zero-order valence-electron chi connectivity index (χ0n) is 12.8. The Morgan fingerprint density at radius 2 is 1.73 bits per heavy atom. The summed E-state index contributed by atoms with van der Waals surface area (Å²) >= 11 is 0. The summed E-state index contributed by atoms with van der Waals surface area (Å²) in [7, 11) is 2.63. The number of imidazole rings is 1. The van der Waals surface area contributed by atoms with E-state index in [1.165, 1.54) is 33.7 Å². The van der Waals surface area contributed by atoms with Crippen LogP contribution in [0, 0.1) is 20.2 Å². The maximum Gasteiger partial charge on any atom is 0.297 e. The number of nitro benzene ring substituents is 2. The largest absolute Gasteiger partial charge is 0.354 e. The smallest absolute Gasteiger partial charge is 0.297 e. The van der Waals surface area contributed by atoms with Gasteiger partial charge in [0.15, 0.2) is 16.2 Å². The first kappa shape index (κ1) is 16.5. The lowest BCUT2D eigenvalue weighted by molar-refractivity contribution is -0.383. The number of anilines is 2. The molecule has 0 radical (unpaired) electrons. The fourth-order valence-electron chi connectivity index (χ4n) is 2.60. The summed E-state index contributed by atoms with van der Waals surface area (Å²) in [6.45, 7) is 0. The van der Waals surface area contributed by atoms with Gasteiger partial charge in [-0.15, -0.1) is 0 Å². The number of para-hydroxylation sites is 2. The molecule has 4 rings (SSSR count). The standard InChI is InChI=1S/C14H10N6O4S2/c21-19(22)9-5-1-3-7-11(9)17-13(15-7)25-26-14-16-8-4-2-6-10(20(23)24)12(8)18-14/h1-6,13,15,17H,(H,16,18). The van der Waals surface area contributed by atoms with Gasteiger partial charge < -0.3 is 15.6 Å². The summed E-state index contributed by atoms with van der Waals surface area (Å²) in [6.07, 6.45) is 0. The fourth-order valence-corrected chi connectivity index (χ4v) is 4.49. The summed E-state index contributed by atoms with van der Waals surface area (Å²) in [5, 5.41) is 28.9. The average molecular weight is 390 g/mol. The minimum Gasteiger partial charge on any atom is -0.354 e. The Bertz CT molecular complexity index is 1040. The van der Waals surface area contributed by atoms with Crippen molar-refractivity contribution in [3.8, 4) is 0 Å². The molecule has 0 bridgehead atoms. The lowest BCUT2D eigenvalue weighted by Crippen LogP contribution is -2.16. The zero-order chi connectivity index (χ0) is 18.3. The van der Waals surface area contributed by atoms with E-state index < -0.39 is 9.85 Å². The van der Waals surface area contributed by atoms with E-state index in [1.54, 1.807) is 24.3 Å². The highest BCUT2D eigenvalue weighted by atomic mass is 33.1. The van der Waals surface area contributed by atoms with Crippen molar-refractivity contribution in [3.63, 3.8) is 0 Å². The molecule has 0 aliphatic carbocycles. The van der Waals surface area contributed by atoms with E-state index in [9.17, 15) is 20.2 Å². The van der Waals surface area contributed by atoms with Crippen LogP contribution < -0.4 is 10.6 Å². The molecule has 10 nitrogen and oxygen atoms in total. The lowest BCUT2D eigenvalue weighted by atomic mass is 10.2. The van der Waals surface area contributed by atoms with Gasteiger partial charge in [0.05, 0.1) is 21.1 Å². The number of nitrogens with zero attached hydrogens (tertiary/aromatic N) is 3. The molecule has 0 saturated heterocycles. The van der Waals surface area contributed by atoms with E-state index in [0.717, 1.165) is 0 Å². The highest BCUT2D eigenvalue weighted by Gasteiger charge is 2.28. The van der Waals surface area contributed by atoms with Gasteiger partial charge in [-0.3, -0.25) is 20.2 Å². The van der Waals surface area contributed by atoms with E-state index in [4.69, 9.17) is 0 Å². The van der Waals surface area contributed by atoms with Crippen molar-refractivity contribution in [2.75, 3.05) is 10.6 Å². The number of hydrogen-bond acceptors (Lipinski definition) is 9. The zero-order valence-corrected chi connectivity index (χ0v) is 14.5. The summed E-state index contributed by atoms with van der Waals surface area (Å²) in [4.78, 5) is 28.5. The van der Waals surface area contributed by atoms with Crippen molar-refractivity contribution in [1.82, 2.24) is 9.97 Å². The van der Waals surface area contributed by atoms with Gasteiger partial charge in [0.25, 0.3) is 11.4 Å². The van der Waals surface area contributed by atoms with Gasteiger partial charge in [-0.2, -0.15) is 0 Å². The maximum atomic E-state index is 11.1. The third kappa shape index (κ3) is 2.88. The Labute approximate surface area is 153 Å². The van der Waals surface area contributed by atoms with Gasteiger partial charge in [-0.1, -0.05) is 12.1 Å². The van der Waals surface area contributed by atoms with E-state index in [1.807, 2.05) is 0 Å². The number of benzene rings is 2. The number of rotatable bonds is 5. The number of nitro groups is 2. The Morgan fingerprint density at radius 1 is 1.00 bits per heavy atom. The SMILES string of the molecule is O=[N+]([O-])c1cccc2c1NC(SSc1nc3c([N+](=O)[O-])cccc3[nH]1)N2. The number of H-pyrrole nitrogens is 1. The molecule has 2 heterocycles.